The Kier molecular flexibility index (Phi) is 5.61. The number of sulfonamides is 1. The SMILES string of the molecule is CCn1cc(S(=O)(=O)NCc2cc(Br)cs2)cc1CNC. The molecule has 0 aliphatic rings. The van der Waals surface area contributed by atoms with E-state index in [2.05, 4.69) is 26.0 Å². The van der Waals surface area contributed by atoms with Crippen molar-refractivity contribution in [2.75, 3.05) is 7.05 Å². The lowest BCUT2D eigenvalue weighted by Crippen LogP contribution is -2.22. The van der Waals surface area contributed by atoms with Crippen LogP contribution in [0.2, 0.25) is 0 Å². The maximum Gasteiger partial charge on any atom is 0.242 e. The summed E-state index contributed by atoms with van der Waals surface area (Å²) in [5, 5.41) is 4.98. The predicted octanol–water partition coefficient (Wildman–Crippen LogP) is 2.53. The third-order valence-corrected chi connectivity index (χ3v) is 6.09. The second-order valence-corrected chi connectivity index (χ2v) is 8.22. The fraction of sp³-hybridized carbons (Fsp3) is 0.385. The summed E-state index contributed by atoms with van der Waals surface area (Å²) in [7, 11) is -1.65. The second kappa shape index (κ2) is 7.06. The van der Waals surface area contributed by atoms with Gasteiger partial charge in [-0.15, -0.1) is 11.3 Å². The molecule has 0 radical (unpaired) electrons. The van der Waals surface area contributed by atoms with Crippen molar-refractivity contribution in [1.82, 2.24) is 14.6 Å². The van der Waals surface area contributed by atoms with E-state index >= 15 is 0 Å². The van der Waals surface area contributed by atoms with Crippen molar-refractivity contribution in [3.8, 4) is 0 Å². The van der Waals surface area contributed by atoms with Crippen LogP contribution in [0.3, 0.4) is 0 Å². The molecule has 116 valence electrons. The van der Waals surface area contributed by atoms with E-state index < -0.39 is 10.0 Å². The number of thiophene rings is 1. The summed E-state index contributed by atoms with van der Waals surface area (Å²) in [5.41, 5.74) is 0.958. The van der Waals surface area contributed by atoms with Crippen LogP contribution in [-0.2, 0) is 29.7 Å². The molecule has 0 saturated heterocycles. The third kappa shape index (κ3) is 4.17. The van der Waals surface area contributed by atoms with Gasteiger partial charge < -0.3 is 9.88 Å². The minimum atomic E-state index is -3.49. The Hall–Kier alpha value is -0.670. The van der Waals surface area contributed by atoms with Gasteiger partial charge in [-0.2, -0.15) is 0 Å². The van der Waals surface area contributed by atoms with E-state index in [-0.39, 0.29) is 0 Å². The highest BCUT2D eigenvalue weighted by Gasteiger charge is 2.18. The molecular weight excluding hydrogens is 374 g/mol. The third-order valence-electron chi connectivity index (χ3n) is 3.03. The number of nitrogens with one attached hydrogen (secondary N) is 2. The van der Waals surface area contributed by atoms with E-state index in [1.54, 1.807) is 12.3 Å². The lowest BCUT2D eigenvalue weighted by atomic mass is 10.4. The van der Waals surface area contributed by atoms with Crippen molar-refractivity contribution in [3.63, 3.8) is 0 Å². The number of aromatic nitrogens is 1. The molecule has 8 heteroatoms. The normalized spacial score (nSPS) is 12.0. The van der Waals surface area contributed by atoms with Crippen molar-refractivity contribution < 1.29 is 8.42 Å². The highest BCUT2D eigenvalue weighted by atomic mass is 79.9. The first-order chi connectivity index (χ1) is 9.96. The molecule has 0 spiro atoms. The van der Waals surface area contributed by atoms with Gasteiger partial charge in [-0.3, -0.25) is 0 Å². The molecule has 0 aliphatic heterocycles. The summed E-state index contributed by atoms with van der Waals surface area (Å²) in [5.74, 6) is 0. The summed E-state index contributed by atoms with van der Waals surface area (Å²) in [6, 6.07) is 3.63. The predicted molar refractivity (Wildman–Crippen MR) is 88.9 cm³/mol. The summed E-state index contributed by atoms with van der Waals surface area (Å²) in [6.07, 6.45) is 1.68. The summed E-state index contributed by atoms with van der Waals surface area (Å²) in [4.78, 5) is 1.28. The van der Waals surface area contributed by atoms with E-state index in [4.69, 9.17) is 0 Å². The molecule has 0 fully saturated rings. The summed E-state index contributed by atoms with van der Waals surface area (Å²) < 4.78 is 30.2. The molecule has 2 heterocycles. The fourth-order valence-electron chi connectivity index (χ4n) is 1.99. The molecule has 0 aliphatic carbocycles. The first-order valence-electron chi connectivity index (χ1n) is 6.52. The van der Waals surface area contributed by atoms with Crippen molar-refractivity contribution >= 4 is 37.3 Å². The standard InChI is InChI=1S/C13H18BrN3O2S2/c1-3-17-8-13(5-11(17)6-15-2)21(18,19)16-7-12-4-10(14)9-20-12/h4-5,8-9,15-16H,3,6-7H2,1-2H3. The Bertz CT molecular complexity index is 707. The van der Waals surface area contributed by atoms with Crippen LogP contribution in [0, 0.1) is 0 Å². The van der Waals surface area contributed by atoms with Crippen LogP contribution in [0.1, 0.15) is 17.5 Å². The zero-order valence-electron chi connectivity index (χ0n) is 11.9. The Balaban J connectivity index is 2.15. The molecule has 0 unspecified atom stereocenters. The maximum absolute atomic E-state index is 12.3. The van der Waals surface area contributed by atoms with Gasteiger partial charge in [0, 0.05) is 46.3 Å². The Labute approximate surface area is 137 Å². The molecule has 0 aromatic carbocycles. The van der Waals surface area contributed by atoms with Gasteiger partial charge in [-0.05, 0) is 42.0 Å². The van der Waals surface area contributed by atoms with Crippen molar-refractivity contribution in [2.24, 2.45) is 0 Å². The molecule has 0 atom stereocenters. The number of rotatable bonds is 7. The van der Waals surface area contributed by atoms with Crippen LogP contribution in [0.15, 0.2) is 33.1 Å². The van der Waals surface area contributed by atoms with Crippen LogP contribution in [0.25, 0.3) is 0 Å². The smallest absolute Gasteiger partial charge is 0.242 e. The summed E-state index contributed by atoms with van der Waals surface area (Å²) in [6.45, 7) is 3.68. The fourth-order valence-corrected chi connectivity index (χ4v) is 4.54. The molecule has 2 N–H and O–H groups in total. The molecule has 2 aromatic rings. The van der Waals surface area contributed by atoms with Gasteiger partial charge in [0.25, 0.3) is 0 Å². The number of halogens is 1. The van der Waals surface area contributed by atoms with Crippen LogP contribution in [-0.4, -0.2) is 20.0 Å². The van der Waals surface area contributed by atoms with Gasteiger partial charge in [0.05, 0.1) is 4.90 Å². The minimum Gasteiger partial charge on any atom is -0.349 e. The van der Waals surface area contributed by atoms with Crippen molar-refractivity contribution in [2.45, 2.75) is 31.5 Å². The van der Waals surface area contributed by atoms with Crippen molar-refractivity contribution in [1.29, 1.82) is 0 Å². The van der Waals surface area contributed by atoms with E-state index in [1.165, 1.54) is 11.3 Å². The molecule has 21 heavy (non-hydrogen) atoms. The lowest BCUT2D eigenvalue weighted by molar-refractivity contribution is 0.581. The molecular formula is C13H18BrN3O2S2. The van der Waals surface area contributed by atoms with E-state index in [0.29, 0.717) is 18.0 Å². The minimum absolute atomic E-state index is 0.303. The van der Waals surface area contributed by atoms with Crippen molar-refractivity contribution in [3.05, 3.63) is 38.8 Å². The Morgan fingerprint density at radius 2 is 2.10 bits per heavy atom. The van der Waals surface area contributed by atoms with Crippen LogP contribution in [0.5, 0.6) is 0 Å². The Morgan fingerprint density at radius 3 is 2.67 bits per heavy atom. The molecule has 5 nitrogen and oxygen atoms in total. The van der Waals surface area contributed by atoms with Gasteiger partial charge in [-0.1, -0.05) is 0 Å². The first-order valence-corrected chi connectivity index (χ1v) is 9.68. The largest absolute Gasteiger partial charge is 0.349 e. The molecule has 2 rings (SSSR count). The van der Waals surface area contributed by atoms with Gasteiger partial charge in [-0.25, -0.2) is 13.1 Å². The number of hydrogen-bond acceptors (Lipinski definition) is 4. The average molecular weight is 392 g/mol. The highest BCUT2D eigenvalue weighted by molar-refractivity contribution is 9.10. The second-order valence-electron chi connectivity index (χ2n) is 4.54. The number of aryl methyl sites for hydroxylation is 1. The number of hydrogen-bond donors (Lipinski definition) is 2. The van der Waals surface area contributed by atoms with Gasteiger partial charge >= 0.3 is 0 Å². The molecule has 2 aromatic heterocycles. The van der Waals surface area contributed by atoms with Crippen LogP contribution in [0.4, 0.5) is 0 Å². The van der Waals surface area contributed by atoms with Gasteiger partial charge in [0.2, 0.25) is 10.0 Å². The summed E-state index contributed by atoms with van der Waals surface area (Å²) >= 11 is 4.88. The zero-order chi connectivity index (χ0) is 15.5. The first kappa shape index (κ1) is 16.7. The van der Waals surface area contributed by atoms with E-state index in [9.17, 15) is 8.42 Å². The van der Waals surface area contributed by atoms with E-state index in [0.717, 1.165) is 21.6 Å². The highest BCUT2D eigenvalue weighted by Crippen LogP contribution is 2.20. The van der Waals surface area contributed by atoms with Crippen LogP contribution >= 0.6 is 27.3 Å². The monoisotopic (exact) mass is 391 g/mol. The topological polar surface area (TPSA) is 63.1 Å². The quantitative estimate of drug-likeness (QED) is 0.761. The van der Waals surface area contributed by atoms with Crippen LogP contribution < -0.4 is 10.0 Å². The Morgan fingerprint density at radius 1 is 1.33 bits per heavy atom. The van der Waals surface area contributed by atoms with Gasteiger partial charge in [0.1, 0.15) is 0 Å². The number of nitrogens with zero attached hydrogens (tertiary/aromatic N) is 1. The molecule has 0 bridgehead atoms. The van der Waals surface area contributed by atoms with Gasteiger partial charge in [0.15, 0.2) is 0 Å². The van der Waals surface area contributed by atoms with E-state index in [1.807, 2.05) is 30.0 Å². The maximum atomic E-state index is 12.3. The molecule has 0 saturated carbocycles. The average Bonchev–Trinajstić information content (AvgIpc) is 3.04. The molecule has 0 amide bonds. The zero-order valence-corrected chi connectivity index (χ0v) is 15.1. The lowest BCUT2D eigenvalue weighted by Gasteiger charge is -2.04.